The first-order valence-corrected chi connectivity index (χ1v) is 10.6. The lowest BCUT2D eigenvalue weighted by Crippen LogP contribution is -2.33. The number of hydrogen-bond donors (Lipinski definition) is 2. The number of nitrogens with one attached hydrogen (secondary N) is 1. The van der Waals surface area contributed by atoms with Crippen LogP contribution in [-0.4, -0.2) is 29.0 Å². The maximum atomic E-state index is 13.1. The topological polar surface area (TPSA) is 65.7 Å². The third kappa shape index (κ3) is 4.46. The summed E-state index contributed by atoms with van der Waals surface area (Å²) in [5.74, 6) is 0.354. The number of phenols is 1. The van der Waals surface area contributed by atoms with Crippen LogP contribution in [0.4, 0.5) is 18.9 Å². The Hall–Kier alpha value is -3.00. The first kappa shape index (κ1) is 22.2. The Morgan fingerprint density at radius 2 is 2.06 bits per heavy atom. The largest absolute Gasteiger partial charge is 0.508 e. The second kappa shape index (κ2) is 8.50. The van der Waals surface area contributed by atoms with Crippen molar-refractivity contribution in [3.05, 3.63) is 58.8 Å². The van der Waals surface area contributed by atoms with E-state index in [0.717, 1.165) is 38.1 Å². The van der Waals surface area contributed by atoms with Crippen molar-refractivity contribution in [3.8, 4) is 5.75 Å². The van der Waals surface area contributed by atoms with E-state index in [-0.39, 0.29) is 17.0 Å². The van der Waals surface area contributed by atoms with Gasteiger partial charge in [-0.15, -0.1) is 0 Å². The number of hydrogen-bond acceptors (Lipinski definition) is 4. The molecular formula is C24H25F3N2O3. The minimum atomic E-state index is -4.51. The Kier molecular flexibility index (Phi) is 5.90. The number of aryl methyl sites for hydroxylation is 1. The molecule has 32 heavy (non-hydrogen) atoms. The third-order valence-corrected chi connectivity index (χ3v) is 5.91. The van der Waals surface area contributed by atoms with Crippen LogP contribution in [0.5, 0.6) is 5.75 Å². The monoisotopic (exact) mass is 446 g/mol. The van der Waals surface area contributed by atoms with Crippen molar-refractivity contribution in [3.63, 3.8) is 0 Å². The Balaban J connectivity index is 1.70. The number of nitrogens with zero attached hydrogens (tertiary/aromatic N) is 1. The number of anilines is 1. The smallest absolute Gasteiger partial charge is 0.416 e. The average Bonchev–Trinajstić information content (AvgIpc) is 3.06. The molecule has 2 N–H and O–H groups in total. The number of alkyl halides is 3. The van der Waals surface area contributed by atoms with Gasteiger partial charge in [-0.3, -0.25) is 9.69 Å². The number of aromatic hydroxyl groups is 1. The van der Waals surface area contributed by atoms with Gasteiger partial charge in [0.25, 0.3) is 5.91 Å². The fourth-order valence-corrected chi connectivity index (χ4v) is 4.42. The van der Waals surface area contributed by atoms with Gasteiger partial charge in [0, 0.05) is 29.7 Å². The quantitative estimate of drug-likeness (QED) is 0.520. The molecule has 0 spiro atoms. The van der Waals surface area contributed by atoms with Crippen LogP contribution in [0.3, 0.4) is 0 Å². The van der Waals surface area contributed by atoms with Crippen LogP contribution < -0.4 is 5.32 Å². The summed E-state index contributed by atoms with van der Waals surface area (Å²) in [7, 11) is 0. The fraction of sp³-hybridized carbons (Fsp3) is 0.375. The van der Waals surface area contributed by atoms with E-state index in [1.54, 1.807) is 19.1 Å². The normalized spacial score (nSPS) is 17.6. The summed E-state index contributed by atoms with van der Waals surface area (Å²) in [6, 6.07) is 7.63. The first-order chi connectivity index (χ1) is 15.1. The van der Waals surface area contributed by atoms with Gasteiger partial charge >= 0.3 is 6.18 Å². The standard InChI is InChI=1S/C24H25F3N2O3/c1-14-5-4-10-29(12-14)13-18-19(30)8-9-20-22(18)21(15(2)32-20)23(31)28-17-7-3-6-16(11-17)24(25,26)27/h3,6-9,11,14,30H,4-5,10,12-13H2,1-2H3,(H,28,31). The molecule has 0 saturated carbocycles. The average molecular weight is 446 g/mol. The summed E-state index contributed by atoms with van der Waals surface area (Å²) in [4.78, 5) is 15.4. The highest BCUT2D eigenvalue weighted by molar-refractivity contribution is 6.14. The molecule has 8 heteroatoms. The van der Waals surface area contributed by atoms with Gasteiger partial charge in [-0.25, -0.2) is 0 Å². The lowest BCUT2D eigenvalue weighted by atomic mass is 9.98. The summed E-state index contributed by atoms with van der Waals surface area (Å²) in [6.45, 7) is 6.05. The van der Waals surface area contributed by atoms with E-state index in [2.05, 4.69) is 17.1 Å². The van der Waals surface area contributed by atoms with E-state index >= 15 is 0 Å². The molecule has 1 aromatic heterocycles. The molecule has 0 bridgehead atoms. The van der Waals surface area contributed by atoms with Gasteiger partial charge in [0.2, 0.25) is 0 Å². The number of piperidine rings is 1. The molecule has 2 aromatic carbocycles. The fourth-order valence-electron chi connectivity index (χ4n) is 4.42. The van der Waals surface area contributed by atoms with Crippen molar-refractivity contribution in [2.45, 2.75) is 39.4 Å². The third-order valence-electron chi connectivity index (χ3n) is 5.91. The maximum absolute atomic E-state index is 13.1. The van der Waals surface area contributed by atoms with Crippen molar-refractivity contribution in [1.82, 2.24) is 4.90 Å². The number of rotatable bonds is 4. The highest BCUT2D eigenvalue weighted by Gasteiger charge is 2.31. The maximum Gasteiger partial charge on any atom is 0.416 e. The highest BCUT2D eigenvalue weighted by atomic mass is 19.4. The molecule has 4 rings (SSSR count). The van der Waals surface area contributed by atoms with E-state index in [0.29, 0.717) is 34.8 Å². The summed E-state index contributed by atoms with van der Waals surface area (Å²) >= 11 is 0. The zero-order valence-electron chi connectivity index (χ0n) is 17.9. The second-order valence-electron chi connectivity index (χ2n) is 8.48. The van der Waals surface area contributed by atoms with Crippen molar-refractivity contribution in [2.75, 3.05) is 18.4 Å². The molecule has 170 valence electrons. The van der Waals surface area contributed by atoms with E-state index in [9.17, 15) is 23.1 Å². The summed E-state index contributed by atoms with van der Waals surface area (Å²) in [5, 5.41) is 13.7. The number of phenolic OH excluding ortho intramolecular Hbond substituents is 1. The SMILES string of the molecule is Cc1oc2ccc(O)c(CN3CCCC(C)C3)c2c1C(=O)Nc1cccc(C(F)(F)F)c1. The first-order valence-electron chi connectivity index (χ1n) is 10.6. The Morgan fingerprint density at radius 3 is 2.78 bits per heavy atom. The van der Waals surface area contributed by atoms with Gasteiger partial charge in [0.1, 0.15) is 17.1 Å². The van der Waals surface area contributed by atoms with Gasteiger partial charge in [0.15, 0.2) is 0 Å². The summed E-state index contributed by atoms with van der Waals surface area (Å²) in [6.07, 6.45) is -2.29. The summed E-state index contributed by atoms with van der Waals surface area (Å²) in [5.41, 5.74) is 0.442. The summed E-state index contributed by atoms with van der Waals surface area (Å²) < 4.78 is 44.9. The van der Waals surface area contributed by atoms with E-state index < -0.39 is 17.6 Å². The molecular weight excluding hydrogens is 421 g/mol. The zero-order valence-corrected chi connectivity index (χ0v) is 17.9. The van der Waals surface area contributed by atoms with Crippen LogP contribution in [0.15, 0.2) is 40.8 Å². The van der Waals surface area contributed by atoms with Crippen molar-refractivity contribution < 1.29 is 27.5 Å². The Morgan fingerprint density at radius 1 is 1.28 bits per heavy atom. The number of fused-ring (bicyclic) bond motifs is 1. The van der Waals surface area contributed by atoms with Gasteiger partial charge in [-0.1, -0.05) is 13.0 Å². The van der Waals surface area contributed by atoms with E-state index in [1.807, 2.05) is 0 Å². The molecule has 1 unspecified atom stereocenters. The lowest BCUT2D eigenvalue weighted by Gasteiger charge is -2.31. The molecule has 0 aliphatic carbocycles. The van der Waals surface area contributed by atoms with Crippen LogP contribution in [0.1, 0.15) is 47.0 Å². The van der Waals surface area contributed by atoms with Gasteiger partial charge in [-0.05, 0) is 62.6 Å². The van der Waals surface area contributed by atoms with Crippen LogP contribution in [-0.2, 0) is 12.7 Å². The number of amides is 1. The molecule has 1 saturated heterocycles. The second-order valence-corrected chi connectivity index (χ2v) is 8.48. The molecule has 1 aliphatic heterocycles. The number of furan rings is 1. The van der Waals surface area contributed by atoms with Crippen molar-refractivity contribution >= 4 is 22.6 Å². The minimum Gasteiger partial charge on any atom is -0.508 e. The lowest BCUT2D eigenvalue weighted by molar-refractivity contribution is -0.137. The van der Waals surface area contributed by atoms with Crippen LogP contribution in [0.25, 0.3) is 11.0 Å². The molecule has 1 aliphatic rings. The molecule has 5 nitrogen and oxygen atoms in total. The highest BCUT2D eigenvalue weighted by Crippen LogP contribution is 2.36. The number of carbonyl (C=O) groups is 1. The number of halogens is 3. The molecule has 3 aromatic rings. The van der Waals surface area contributed by atoms with Gasteiger partial charge in [-0.2, -0.15) is 13.2 Å². The number of benzene rings is 2. The van der Waals surface area contributed by atoms with Crippen LogP contribution >= 0.6 is 0 Å². The van der Waals surface area contributed by atoms with Gasteiger partial charge in [0.05, 0.1) is 11.1 Å². The predicted molar refractivity (Wildman–Crippen MR) is 116 cm³/mol. The van der Waals surface area contributed by atoms with Crippen LogP contribution in [0, 0.1) is 12.8 Å². The van der Waals surface area contributed by atoms with Crippen LogP contribution in [0.2, 0.25) is 0 Å². The molecule has 2 heterocycles. The van der Waals surface area contributed by atoms with Crippen molar-refractivity contribution in [2.24, 2.45) is 5.92 Å². The molecule has 1 amide bonds. The minimum absolute atomic E-state index is 0.0325. The number of likely N-dealkylation sites (tertiary alicyclic amines) is 1. The zero-order chi connectivity index (χ0) is 23.0. The van der Waals surface area contributed by atoms with Gasteiger partial charge < -0.3 is 14.8 Å². The molecule has 1 fully saturated rings. The molecule has 0 radical (unpaired) electrons. The number of carbonyl (C=O) groups excluding carboxylic acids is 1. The Labute approximate surface area is 183 Å². The van der Waals surface area contributed by atoms with Crippen molar-refractivity contribution in [1.29, 1.82) is 0 Å². The van der Waals surface area contributed by atoms with E-state index in [4.69, 9.17) is 4.42 Å². The molecule has 1 atom stereocenters. The van der Waals surface area contributed by atoms with E-state index in [1.165, 1.54) is 12.1 Å². The Bertz CT molecular complexity index is 1150. The predicted octanol–water partition coefficient (Wildman–Crippen LogP) is 5.95.